The van der Waals surface area contributed by atoms with Gasteiger partial charge < -0.3 is 19.9 Å². The maximum atomic E-state index is 12.2. The van der Waals surface area contributed by atoms with Crippen LogP contribution in [0.2, 0.25) is 0 Å². The molecule has 0 radical (unpaired) electrons. The molecule has 4 rings (SSSR count). The third kappa shape index (κ3) is 8.10. The number of hydroxylamine groups is 1. The summed E-state index contributed by atoms with van der Waals surface area (Å²) in [7, 11) is 0. The third-order valence-corrected chi connectivity index (χ3v) is 7.07. The highest BCUT2D eigenvalue weighted by Crippen LogP contribution is 2.39. The van der Waals surface area contributed by atoms with Crippen LogP contribution >= 0.6 is 11.8 Å². The summed E-state index contributed by atoms with van der Waals surface area (Å²) in [6.07, 6.45) is 2.70. The zero-order chi connectivity index (χ0) is 26.7. The van der Waals surface area contributed by atoms with E-state index < -0.39 is 12.2 Å². The number of rotatable bonds is 12. The van der Waals surface area contributed by atoms with E-state index in [9.17, 15) is 14.7 Å². The van der Waals surface area contributed by atoms with Crippen LogP contribution < -0.4 is 10.8 Å². The number of amides is 2. The molecule has 11 nitrogen and oxygen atoms in total. The molecule has 0 spiro atoms. The van der Waals surface area contributed by atoms with E-state index in [2.05, 4.69) is 20.5 Å². The molecule has 3 unspecified atom stereocenters. The predicted molar refractivity (Wildman–Crippen MR) is 139 cm³/mol. The molecule has 2 amide bonds. The molecular formula is C26H31N5O6S. The molecular weight excluding hydrogens is 510 g/mol. The summed E-state index contributed by atoms with van der Waals surface area (Å²) in [4.78, 5) is 27.4. The highest BCUT2D eigenvalue weighted by molar-refractivity contribution is 7.99. The highest BCUT2D eigenvalue weighted by atomic mass is 32.2. The summed E-state index contributed by atoms with van der Waals surface area (Å²) >= 11 is 1.53. The van der Waals surface area contributed by atoms with Gasteiger partial charge in [-0.15, -0.1) is 0 Å². The molecule has 1 aromatic heterocycles. The van der Waals surface area contributed by atoms with Gasteiger partial charge in [0.15, 0.2) is 11.4 Å². The maximum absolute atomic E-state index is 12.2. The Morgan fingerprint density at radius 1 is 1.00 bits per heavy atom. The summed E-state index contributed by atoms with van der Waals surface area (Å²) < 4.78 is 12.6. The number of unbranched alkanes of at least 4 members (excludes halogenated alkanes) is 1. The van der Waals surface area contributed by atoms with Crippen molar-refractivity contribution in [3.63, 3.8) is 0 Å². The van der Waals surface area contributed by atoms with Crippen molar-refractivity contribution >= 4 is 29.3 Å². The number of nitrogens with one attached hydrogen (secondary N) is 3. The molecule has 12 heteroatoms. The van der Waals surface area contributed by atoms with Crippen molar-refractivity contribution in [2.75, 3.05) is 11.1 Å². The number of aliphatic hydroxyl groups is 1. The molecule has 0 bridgehead atoms. The second kappa shape index (κ2) is 14.0. The first-order valence-corrected chi connectivity index (χ1v) is 13.3. The lowest BCUT2D eigenvalue weighted by Gasteiger charge is -2.36. The lowest BCUT2D eigenvalue weighted by Crippen LogP contribution is -2.31. The fourth-order valence-corrected chi connectivity index (χ4v) is 4.83. The number of aromatic amines is 1. The Morgan fingerprint density at radius 3 is 2.37 bits per heavy atom. The first-order valence-electron chi connectivity index (χ1n) is 12.4. The van der Waals surface area contributed by atoms with E-state index in [1.54, 1.807) is 17.6 Å². The average Bonchev–Trinajstić information content (AvgIpc) is 3.48. The highest BCUT2D eigenvalue weighted by Gasteiger charge is 2.32. The lowest BCUT2D eigenvalue weighted by atomic mass is 10.0. The van der Waals surface area contributed by atoms with Crippen molar-refractivity contribution < 1.29 is 29.4 Å². The summed E-state index contributed by atoms with van der Waals surface area (Å²) in [6.45, 7) is -0.0161. The summed E-state index contributed by atoms with van der Waals surface area (Å²) in [5.74, 6) is 0.0496. The van der Waals surface area contributed by atoms with Gasteiger partial charge in [-0.2, -0.15) is 5.10 Å². The van der Waals surface area contributed by atoms with Gasteiger partial charge in [-0.1, -0.05) is 48.2 Å². The largest absolute Gasteiger partial charge is 0.392 e. The molecule has 3 atom stereocenters. The summed E-state index contributed by atoms with van der Waals surface area (Å²) in [5.41, 5.74) is 4.89. The number of aliphatic hydroxyl groups excluding tert-OH is 1. The van der Waals surface area contributed by atoms with E-state index in [4.69, 9.17) is 14.7 Å². The number of ether oxygens (including phenoxy) is 2. The van der Waals surface area contributed by atoms with Crippen LogP contribution in [0.25, 0.3) is 0 Å². The van der Waals surface area contributed by atoms with Crippen LogP contribution in [0.4, 0.5) is 5.69 Å². The van der Waals surface area contributed by atoms with Gasteiger partial charge in [-0.05, 0) is 36.1 Å². The van der Waals surface area contributed by atoms with Gasteiger partial charge in [0.2, 0.25) is 11.8 Å². The molecule has 1 saturated heterocycles. The minimum Gasteiger partial charge on any atom is -0.392 e. The topological polar surface area (TPSA) is 159 Å². The van der Waals surface area contributed by atoms with E-state index in [1.807, 2.05) is 36.4 Å². The predicted octanol–water partition coefficient (Wildman–Crippen LogP) is 3.64. The summed E-state index contributed by atoms with van der Waals surface area (Å²) in [5, 5.41) is 28.2. The van der Waals surface area contributed by atoms with Crippen molar-refractivity contribution in [3.05, 3.63) is 71.5 Å². The van der Waals surface area contributed by atoms with Gasteiger partial charge in [-0.25, -0.2) is 10.5 Å². The van der Waals surface area contributed by atoms with Crippen molar-refractivity contribution in [2.45, 2.75) is 62.4 Å². The fraction of sp³-hybridized carbons (Fsp3) is 0.385. The smallest absolute Gasteiger partial charge is 0.243 e. The van der Waals surface area contributed by atoms with Crippen LogP contribution in [0.1, 0.15) is 61.2 Å². The number of aromatic nitrogens is 3. The number of hydrogen-bond acceptors (Lipinski definition) is 9. The molecule has 0 saturated carbocycles. The van der Waals surface area contributed by atoms with Crippen LogP contribution in [-0.4, -0.2) is 49.2 Å². The van der Waals surface area contributed by atoms with E-state index in [-0.39, 0.29) is 37.6 Å². The first kappa shape index (κ1) is 27.7. The zero-order valence-electron chi connectivity index (χ0n) is 20.7. The van der Waals surface area contributed by atoms with Crippen molar-refractivity contribution in [1.82, 2.24) is 20.7 Å². The first-order chi connectivity index (χ1) is 18.5. The Hall–Kier alpha value is -3.29. The molecule has 1 aliphatic rings. The molecule has 2 heterocycles. The number of carbonyl (C=O) groups is 2. The molecule has 1 aliphatic heterocycles. The van der Waals surface area contributed by atoms with Crippen molar-refractivity contribution in [3.8, 4) is 0 Å². The van der Waals surface area contributed by atoms with Gasteiger partial charge >= 0.3 is 0 Å². The van der Waals surface area contributed by atoms with Crippen LogP contribution in [0.15, 0.2) is 60.0 Å². The van der Waals surface area contributed by atoms with E-state index >= 15 is 0 Å². The number of thioether (sulfide) groups is 1. The minimum atomic E-state index is -0.603. The van der Waals surface area contributed by atoms with Crippen LogP contribution in [-0.2, 0) is 25.7 Å². The molecule has 202 valence electrons. The van der Waals surface area contributed by atoms with Gasteiger partial charge in [0.25, 0.3) is 0 Å². The molecule has 0 aliphatic carbocycles. The maximum Gasteiger partial charge on any atom is 0.243 e. The van der Waals surface area contributed by atoms with E-state index in [0.717, 1.165) is 21.8 Å². The quantitative estimate of drug-likeness (QED) is 0.0999. The number of nitrogens with zero attached hydrogens (tertiary/aromatic N) is 2. The summed E-state index contributed by atoms with van der Waals surface area (Å²) in [6, 6.07) is 15.0. The number of carbonyl (C=O) groups excluding carboxylic acids is 2. The van der Waals surface area contributed by atoms with Gasteiger partial charge in [-0.3, -0.25) is 19.9 Å². The Bertz CT molecular complexity index is 1160. The number of hydrogen-bond donors (Lipinski definition) is 5. The molecule has 1 fully saturated rings. The average molecular weight is 542 g/mol. The van der Waals surface area contributed by atoms with Crippen LogP contribution in [0, 0.1) is 0 Å². The molecule has 3 aromatic rings. The monoisotopic (exact) mass is 541 g/mol. The van der Waals surface area contributed by atoms with Crippen LogP contribution in [0.5, 0.6) is 0 Å². The zero-order valence-corrected chi connectivity index (χ0v) is 21.5. The van der Waals surface area contributed by atoms with Gasteiger partial charge in [0, 0.05) is 36.3 Å². The SMILES string of the molecule is O=C(CCCCC(=O)Nc1ccc(C2OC(CSc3ncn[nH]3)CC(c3ccc(CO)cc3)O2)cc1)NO. The Kier molecular flexibility index (Phi) is 10.2. The number of H-pyrrole nitrogens is 1. The minimum absolute atomic E-state index is 0.0161. The Labute approximate surface area is 224 Å². The molecule has 38 heavy (non-hydrogen) atoms. The van der Waals surface area contributed by atoms with Crippen LogP contribution in [0.3, 0.4) is 0 Å². The number of benzene rings is 2. The lowest BCUT2D eigenvalue weighted by molar-refractivity contribution is -0.245. The van der Waals surface area contributed by atoms with E-state index in [0.29, 0.717) is 30.7 Å². The Balaban J connectivity index is 1.38. The normalized spacial score (nSPS) is 19.2. The van der Waals surface area contributed by atoms with Crippen molar-refractivity contribution in [1.29, 1.82) is 0 Å². The standard InChI is InChI=1S/C26H31N5O6S/c32-14-17-5-7-18(8-6-17)22-13-21(15-38-26-27-16-28-30-26)36-25(37-22)19-9-11-20(12-10-19)29-23(33)3-1-2-4-24(34)31-35/h5-12,16,21-22,25,32,35H,1-4,13-15H2,(H,29,33)(H,31,34)(H,27,28,30). The van der Waals surface area contributed by atoms with Gasteiger partial charge in [0.05, 0.1) is 18.8 Å². The molecule has 5 N–H and O–H groups in total. The Morgan fingerprint density at radius 2 is 1.71 bits per heavy atom. The molecule has 2 aromatic carbocycles. The van der Waals surface area contributed by atoms with Crippen molar-refractivity contribution in [2.24, 2.45) is 0 Å². The second-order valence-electron chi connectivity index (χ2n) is 8.86. The third-order valence-electron chi connectivity index (χ3n) is 6.06. The van der Waals surface area contributed by atoms with Gasteiger partial charge in [0.1, 0.15) is 6.33 Å². The fourth-order valence-electron chi connectivity index (χ4n) is 4.03. The van der Waals surface area contributed by atoms with E-state index in [1.165, 1.54) is 18.1 Å². The second-order valence-corrected chi connectivity index (χ2v) is 9.87. The number of anilines is 1.